The number of carbonyl (C=O) groups is 1. The fraction of sp³-hybridized carbons (Fsp3) is 0.500. The van der Waals surface area contributed by atoms with Gasteiger partial charge in [0.15, 0.2) is 0 Å². The number of benzene rings is 1. The van der Waals surface area contributed by atoms with E-state index < -0.39 is 4.92 Å². The van der Waals surface area contributed by atoms with Crippen molar-refractivity contribution < 1.29 is 14.8 Å². The number of nitro groups is 1. The molecule has 1 aliphatic carbocycles. The average molecular weight is 291 g/mol. The third-order valence-electron chi connectivity index (χ3n) is 4.58. The molecule has 1 aromatic carbocycles. The minimum Gasteiger partial charge on any atom is -0.398 e. The van der Waals surface area contributed by atoms with Crippen LogP contribution in [0.5, 0.6) is 0 Å². The van der Waals surface area contributed by atoms with E-state index in [1.165, 1.54) is 18.2 Å². The van der Waals surface area contributed by atoms with E-state index in [1.54, 1.807) is 4.90 Å². The molecule has 1 heterocycles. The van der Waals surface area contributed by atoms with Gasteiger partial charge in [-0.25, -0.2) is 0 Å². The van der Waals surface area contributed by atoms with E-state index in [9.17, 15) is 20.0 Å². The van der Waals surface area contributed by atoms with Crippen molar-refractivity contribution in [3.8, 4) is 0 Å². The summed E-state index contributed by atoms with van der Waals surface area (Å²) >= 11 is 0. The summed E-state index contributed by atoms with van der Waals surface area (Å²) in [6, 6.07) is 3.90. The minimum atomic E-state index is -0.543. The molecule has 1 aliphatic heterocycles. The number of nitrogens with two attached hydrogens (primary N) is 1. The lowest BCUT2D eigenvalue weighted by Crippen LogP contribution is -2.31. The van der Waals surface area contributed by atoms with Gasteiger partial charge in [0.05, 0.1) is 16.6 Å². The Bertz CT molecular complexity index is 604. The summed E-state index contributed by atoms with van der Waals surface area (Å²) < 4.78 is 0. The first kappa shape index (κ1) is 13.8. The van der Waals surface area contributed by atoms with Crippen LogP contribution in [0.1, 0.15) is 23.2 Å². The first-order valence-corrected chi connectivity index (χ1v) is 6.98. The van der Waals surface area contributed by atoms with Gasteiger partial charge in [0.25, 0.3) is 11.6 Å². The second-order valence-electron chi connectivity index (χ2n) is 5.81. The van der Waals surface area contributed by atoms with Crippen LogP contribution in [0.2, 0.25) is 0 Å². The van der Waals surface area contributed by atoms with Crippen LogP contribution in [0.25, 0.3) is 0 Å². The van der Waals surface area contributed by atoms with Gasteiger partial charge in [0.1, 0.15) is 0 Å². The molecule has 3 rings (SSSR count). The molecule has 3 atom stereocenters. The van der Waals surface area contributed by atoms with Crippen molar-refractivity contribution in [3.63, 3.8) is 0 Å². The van der Waals surface area contributed by atoms with Gasteiger partial charge in [-0.05, 0) is 24.8 Å². The Morgan fingerprint density at radius 3 is 2.81 bits per heavy atom. The van der Waals surface area contributed by atoms with E-state index in [-0.39, 0.29) is 34.9 Å². The van der Waals surface area contributed by atoms with E-state index in [2.05, 4.69) is 0 Å². The second kappa shape index (κ2) is 5.00. The van der Waals surface area contributed by atoms with Crippen molar-refractivity contribution in [1.29, 1.82) is 0 Å². The third kappa shape index (κ3) is 2.33. The van der Waals surface area contributed by atoms with Gasteiger partial charge in [-0.1, -0.05) is 0 Å². The summed E-state index contributed by atoms with van der Waals surface area (Å²) in [4.78, 5) is 24.4. The van der Waals surface area contributed by atoms with Crippen molar-refractivity contribution in [3.05, 3.63) is 33.9 Å². The molecule has 0 bridgehead atoms. The van der Waals surface area contributed by atoms with E-state index in [4.69, 9.17) is 5.73 Å². The number of nitrogens with zero attached hydrogens (tertiary/aromatic N) is 2. The Morgan fingerprint density at radius 2 is 2.14 bits per heavy atom. The van der Waals surface area contributed by atoms with Crippen molar-refractivity contribution in [2.75, 3.05) is 18.8 Å². The number of nitrogen functional groups attached to an aromatic ring is 1. The first-order valence-electron chi connectivity index (χ1n) is 6.98. The molecule has 7 nitrogen and oxygen atoms in total. The predicted molar refractivity (Wildman–Crippen MR) is 75.6 cm³/mol. The van der Waals surface area contributed by atoms with Crippen LogP contribution in [-0.2, 0) is 0 Å². The number of rotatable bonds is 2. The molecule has 1 aromatic rings. The molecule has 0 aromatic heterocycles. The van der Waals surface area contributed by atoms with Crippen LogP contribution in [0, 0.1) is 22.0 Å². The van der Waals surface area contributed by atoms with Crippen LogP contribution < -0.4 is 5.73 Å². The lowest BCUT2D eigenvalue weighted by atomic mass is 10.00. The number of aliphatic hydroxyl groups excluding tert-OH is 1. The molecule has 0 radical (unpaired) electrons. The normalized spacial score (nSPS) is 27.7. The molecule has 1 saturated heterocycles. The molecule has 1 saturated carbocycles. The summed E-state index contributed by atoms with van der Waals surface area (Å²) in [5.41, 5.74) is 6.04. The molecule has 3 unspecified atom stereocenters. The fourth-order valence-corrected chi connectivity index (χ4v) is 3.42. The molecule has 2 aliphatic rings. The van der Waals surface area contributed by atoms with Crippen LogP contribution in [0.15, 0.2) is 18.2 Å². The number of aliphatic hydroxyl groups is 1. The highest BCUT2D eigenvalue weighted by atomic mass is 16.6. The number of hydrogen-bond donors (Lipinski definition) is 2. The standard InChI is InChI=1S/C14H17N3O4/c15-12-3-2-9(17(20)21)5-10(12)14(19)16-6-8-1-4-13(18)11(8)7-16/h2-3,5,8,11,13,18H,1,4,6-7,15H2. The van der Waals surface area contributed by atoms with Crippen molar-refractivity contribution in [2.45, 2.75) is 18.9 Å². The van der Waals surface area contributed by atoms with Gasteiger partial charge in [-0.2, -0.15) is 0 Å². The van der Waals surface area contributed by atoms with Crippen molar-refractivity contribution in [2.24, 2.45) is 11.8 Å². The lowest BCUT2D eigenvalue weighted by Gasteiger charge is -2.19. The number of anilines is 1. The maximum atomic E-state index is 12.5. The van der Waals surface area contributed by atoms with Crippen molar-refractivity contribution >= 4 is 17.3 Å². The first-order chi connectivity index (χ1) is 9.97. The van der Waals surface area contributed by atoms with Crippen LogP contribution in [-0.4, -0.2) is 40.0 Å². The Balaban J connectivity index is 1.83. The summed E-state index contributed by atoms with van der Waals surface area (Å²) in [6.07, 6.45) is 1.35. The minimum absolute atomic E-state index is 0.119. The number of hydrogen-bond acceptors (Lipinski definition) is 5. The van der Waals surface area contributed by atoms with Gasteiger partial charge < -0.3 is 15.7 Å². The molecule has 2 fully saturated rings. The largest absolute Gasteiger partial charge is 0.398 e. The Labute approximate surface area is 121 Å². The number of non-ortho nitro benzene ring substituents is 1. The van der Waals surface area contributed by atoms with Crippen LogP contribution in [0.3, 0.4) is 0 Å². The SMILES string of the molecule is Nc1ccc([N+](=O)[O-])cc1C(=O)N1CC2CCC(O)C2C1. The summed E-state index contributed by atoms with van der Waals surface area (Å²) in [5, 5.41) is 20.7. The monoisotopic (exact) mass is 291 g/mol. The Hall–Kier alpha value is -2.15. The summed E-state index contributed by atoms with van der Waals surface area (Å²) in [7, 11) is 0. The number of amides is 1. The van der Waals surface area contributed by atoms with Gasteiger partial charge in [-0.15, -0.1) is 0 Å². The highest BCUT2D eigenvalue weighted by molar-refractivity contribution is 6.00. The van der Waals surface area contributed by atoms with E-state index in [0.29, 0.717) is 19.0 Å². The molecule has 7 heteroatoms. The molecular formula is C14H17N3O4. The Morgan fingerprint density at radius 1 is 1.38 bits per heavy atom. The molecule has 0 spiro atoms. The molecular weight excluding hydrogens is 274 g/mol. The van der Waals surface area contributed by atoms with E-state index in [1.807, 2.05) is 0 Å². The zero-order valence-electron chi connectivity index (χ0n) is 11.4. The molecule has 21 heavy (non-hydrogen) atoms. The van der Waals surface area contributed by atoms with E-state index >= 15 is 0 Å². The van der Waals surface area contributed by atoms with Crippen molar-refractivity contribution in [1.82, 2.24) is 4.90 Å². The summed E-state index contributed by atoms with van der Waals surface area (Å²) in [5.74, 6) is 0.149. The lowest BCUT2D eigenvalue weighted by molar-refractivity contribution is -0.384. The highest BCUT2D eigenvalue weighted by Crippen LogP contribution is 2.38. The van der Waals surface area contributed by atoms with Gasteiger partial charge in [0.2, 0.25) is 0 Å². The third-order valence-corrected chi connectivity index (χ3v) is 4.58. The maximum absolute atomic E-state index is 12.5. The van der Waals surface area contributed by atoms with Gasteiger partial charge in [0, 0.05) is 36.8 Å². The van der Waals surface area contributed by atoms with Gasteiger partial charge >= 0.3 is 0 Å². The van der Waals surface area contributed by atoms with Crippen LogP contribution in [0.4, 0.5) is 11.4 Å². The zero-order chi connectivity index (χ0) is 15.1. The fourth-order valence-electron chi connectivity index (χ4n) is 3.42. The second-order valence-corrected chi connectivity index (χ2v) is 5.81. The zero-order valence-corrected chi connectivity index (χ0v) is 11.4. The maximum Gasteiger partial charge on any atom is 0.270 e. The molecule has 1 amide bonds. The quantitative estimate of drug-likeness (QED) is 0.480. The van der Waals surface area contributed by atoms with Crippen LogP contribution >= 0.6 is 0 Å². The number of carbonyl (C=O) groups excluding carboxylic acids is 1. The predicted octanol–water partition coefficient (Wildman–Crippen LogP) is 1.02. The molecule has 112 valence electrons. The number of fused-ring (bicyclic) bond motifs is 1. The smallest absolute Gasteiger partial charge is 0.270 e. The van der Waals surface area contributed by atoms with Gasteiger partial charge in [-0.3, -0.25) is 14.9 Å². The number of nitro benzene ring substituents is 1. The van der Waals surface area contributed by atoms with E-state index in [0.717, 1.165) is 12.8 Å². The molecule has 3 N–H and O–H groups in total. The summed E-state index contributed by atoms with van der Waals surface area (Å²) in [6.45, 7) is 1.08. The number of likely N-dealkylation sites (tertiary alicyclic amines) is 1. The highest BCUT2D eigenvalue weighted by Gasteiger charge is 2.43. The average Bonchev–Trinajstić information content (AvgIpc) is 3.01. The topological polar surface area (TPSA) is 110 Å². The Kier molecular flexibility index (Phi) is 3.29.